The molecule has 0 N–H and O–H groups in total. The summed E-state index contributed by atoms with van der Waals surface area (Å²) in [6.45, 7) is 9.61. The number of ether oxygens (including phenoxy) is 1. The minimum atomic E-state index is -4.91. The molecule has 3 nitrogen and oxygen atoms in total. The summed E-state index contributed by atoms with van der Waals surface area (Å²) in [7, 11) is 0.842. The maximum absolute atomic E-state index is 12.7. The number of rotatable bonds is 3. The Bertz CT molecular complexity index is 280. The first kappa shape index (κ1) is 13.8. The molecule has 0 radical (unpaired) electrons. The fraction of sp³-hybridized carbons (Fsp3) is 0.778. The predicted octanol–water partition coefficient (Wildman–Crippen LogP) is 2.43. The van der Waals surface area contributed by atoms with Crippen LogP contribution in [-0.2, 0) is 9.53 Å². The summed E-state index contributed by atoms with van der Waals surface area (Å²) < 4.78 is 42.0. The second-order valence-corrected chi connectivity index (χ2v) is 3.56. The van der Waals surface area contributed by atoms with Crippen molar-refractivity contribution in [1.82, 2.24) is 0 Å². The maximum atomic E-state index is 12.7. The number of carbonyl (C=O) groups excluding carboxylic acids is 1. The van der Waals surface area contributed by atoms with Crippen LogP contribution in [0, 0.1) is 12.5 Å². The first-order chi connectivity index (χ1) is 6.71. The molecule has 0 amide bonds. The van der Waals surface area contributed by atoms with E-state index in [-0.39, 0.29) is 0 Å². The van der Waals surface area contributed by atoms with Crippen LogP contribution in [0.15, 0.2) is 0 Å². The molecule has 0 aromatic carbocycles. The first-order valence-corrected chi connectivity index (χ1v) is 4.25. The number of esters is 1. The molecule has 1 unspecified atom stereocenters. The third-order valence-corrected chi connectivity index (χ3v) is 1.89. The molecular weight excluding hydrogens is 211 g/mol. The quantitative estimate of drug-likeness (QED) is 0.543. The van der Waals surface area contributed by atoms with Gasteiger partial charge >= 0.3 is 17.7 Å². The number of methoxy groups -OCH3 is 1. The topological polar surface area (TPSA) is 30.7 Å². The van der Waals surface area contributed by atoms with E-state index >= 15 is 0 Å². The lowest BCUT2D eigenvalue weighted by atomic mass is 9.89. The van der Waals surface area contributed by atoms with E-state index in [9.17, 15) is 18.0 Å². The lowest BCUT2D eigenvalue weighted by Crippen LogP contribution is -2.50. The Morgan fingerprint density at radius 2 is 1.93 bits per heavy atom. The Hall–Kier alpha value is -1.25. The maximum Gasteiger partial charge on any atom is 0.480 e. The van der Waals surface area contributed by atoms with Crippen LogP contribution in [0.1, 0.15) is 20.3 Å². The highest BCUT2D eigenvalue weighted by Crippen LogP contribution is 2.39. The lowest BCUT2D eigenvalue weighted by molar-refractivity contribution is -0.197. The molecule has 0 aliphatic rings. The largest absolute Gasteiger partial charge is 0.480 e. The van der Waals surface area contributed by atoms with Crippen LogP contribution < -0.4 is 0 Å². The van der Waals surface area contributed by atoms with Gasteiger partial charge in [-0.15, -0.1) is 0 Å². The molecule has 0 saturated heterocycles. The van der Waals surface area contributed by atoms with Gasteiger partial charge in [-0.25, -0.2) is 11.4 Å². The van der Waals surface area contributed by atoms with Gasteiger partial charge in [0.05, 0.1) is 7.11 Å². The van der Waals surface area contributed by atoms with Crippen LogP contribution in [0.5, 0.6) is 0 Å². The van der Waals surface area contributed by atoms with Gasteiger partial charge in [0, 0.05) is 6.42 Å². The normalized spacial score (nSPS) is 15.6. The Morgan fingerprint density at radius 3 is 2.13 bits per heavy atom. The minimum absolute atomic E-state index is 0.431. The molecule has 0 fully saturated rings. The van der Waals surface area contributed by atoms with E-state index < -0.39 is 30.0 Å². The number of hydrogen-bond acceptors (Lipinski definition) is 2. The molecule has 0 bridgehead atoms. The van der Waals surface area contributed by atoms with Crippen molar-refractivity contribution < 1.29 is 22.7 Å². The fourth-order valence-corrected chi connectivity index (χ4v) is 1.23. The third kappa shape index (κ3) is 2.61. The minimum Gasteiger partial charge on any atom is -0.463 e. The monoisotopic (exact) mass is 223 g/mol. The van der Waals surface area contributed by atoms with Crippen LogP contribution in [0.4, 0.5) is 13.2 Å². The van der Waals surface area contributed by atoms with Crippen molar-refractivity contribution in [3.05, 3.63) is 11.4 Å². The lowest BCUT2D eigenvalue weighted by Gasteiger charge is -2.23. The molecular formula is C9H12F3NO2. The SMILES string of the molecule is [C-]#[N+]C(CC(C)C)(C(=O)OC)C(F)(F)F. The van der Waals surface area contributed by atoms with E-state index in [1.165, 1.54) is 13.8 Å². The average molecular weight is 223 g/mol. The van der Waals surface area contributed by atoms with Crippen molar-refractivity contribution in [3.8, 4) is 0 Å². The molecule has 0 aromatic rings. The zero-order valence-corrected chi connectivity index (χ0v) is 8.68. The molecule has 0 aromatic heterocycles. The van der Waals surface area contributed by atoms with Gasteiger partial charge in [-0.1, -0.05) is 13.8 Å². The van der Waals surface area contributed by atoms with Crippen molar-refractivity contribution in [2.45, 2.75) is 32.0 Å². The Kier molecular flexibility index (Phi) is 4.14. The third-order valence-electron chi connectivity index (χ3n) is 1.89. The first-order valence-electron chi connectivity index (χ1n) is 4.25. The highest BCUT2D eigenvalue weighted by molar-refractivity contribution is 5.84. The molecule has 0 saturated carbocycles. The van der Waals surface area contributed by atoms with Gasteiger partial charge in [0.25, 0.3) is 0 Å². The van der Waals surface area contributed by atoms with Crippen LogP contribution in [0.2, 0.25) is 0 Å². The van der Waals surface area contributed by atoms with Crippen molar-refractivity contribution in [1.29, 1.82) is 0 Å². The zero-order valence-electron chi connectivity index (χ0n) is 8.68. The molecule has 86 valence electrons. The van der Waals surface area contributed by atoms with E-state index in [4.69, 9.17) is 6.57 Å². The number of halogens is 3. The van der Waals surface area contributed by atoms with Gasteiger partial charge in [0.15, 0.2) is 0 Å². The summed E-state index contributed by atoms with van der Waals surface area (Å²) in [6, 6.07) is 0. The van der Waals surface area contributed by atoms with E-state index in [0.717, 1.165) is 7.11 Å². The van der Waals surface area contributed by atoms with Crippen LogP contribution in [0.3, 0.4) is 0 Å². The number of carbonyl (C=O) groups is 1. The molecule has 0 heterocycles. The second kappa shape index (κ2) is 4.51. The van der Waals surface area contributed by atoms with Crippen LogP contribution >= 0.6 is 0 Å². The van der Waals surface area contributed by atoms with E-state index in [0.29, 0.717) is 0 Å². The summed E-state index contributed by atoms with van der Waals surface area (Å²) in [5.41, 5.74) is -3.06. The van der Waals surface area contributed by atoms with Gasteiger partial charge in [-0.05, 0) is 5.92 Å². The molecule has 0 aliphatic heterocycles. The average Bonchev–Trinajstić information content (AvgIpc) is 2.10. The van der Waals surface area contributed by atoms with Gasteiger partial charge in [0.2, 0.25) is 0 Å². The van der Waals surface area contributed by atoms with Crippen molar-refractivity contribution in [2.75, 3.05) is 7.11 Å². The number of alkyl halides is 3. The summed E-state index contributed by atoms with van der Waals surface area (Å²) in [5.74, 6) is -1.97. The van der Waals surface area contributed by atoms with E-state index in [1.54, 1.807) is 0 Å². The van der Waals surface area contributed by atoms with Gasteiger partial charge in [0.1, 0.15) is 0 Å². The molecule has 0 aliphatic carbocycles. The molecule has 0 spiro atoms. The van der Waals surface area contributed by atoms with E-state index in [2.05, 4.69) is 9.58 Å². The standard InChI is InChI=1S/C9H12F3NO2/c1-6(2)5-8(13-3,7(14)15-4)9(10,11)12/h6H,5H2,1-2,4H3. The Labute approximate surface area is 86.0 Å². The Balaban J connectivity index is 5.34. The Morgan fingerprint density at radius 1 is 1.47 bits per heavy atom. The molecule has 15 heavy (non-hydrogen) atoms. The number of hydrogen-bond donors (Lipinski definition) is 0. The van der Waals surface area contributed by atoms with E-state index in [1.807, 2.05) is 0 Å². The molecule has 1 atom stereocenters. The predicted molar refractivity (Wildman–Crippen MR) is 46.9 cm³/mol. The van der Waals surface area contributed by atoms with Crippen molar-refractivity contribution in [2.24, 2.45) is 5.92 Å². The van der Waals surface area contributed by atoms with Gasteiger partial charge in [-0.2, -0.15) is 13.2 Å². The van der Waals surface area contributed by atoms with Crippen LogP contribution in [0.25, 0.3) is 4.85 Å². The zero-order chi connectivity index (χ0) is 12.3. The smallest absolute Gasteiger partial charge is 0.463 e. The summed E-state index contributed by atoms with van der Waals surface area (Å²) >= 11 is 0. The summed E-state index contributed by atoms with van der Waals surface area (Å²) in [6.07, 6.45) is -5.50. The van der Waals surface area contributed by atoms with Gasteiger partial charge < -0.3 is 4.74 Å². The molecule has 0 rings (SSSR count). The number of nitrogens with zero attached hydrogens (tertiary/aromatic N) is 1. The molecule has 6 heteroatoms. The summed E-state index contributed by atoms with van der Waals surface area (Å²) in [5, 5.41) is 0. The van der Waals surface area contributed by atoms with Crippen molar-refractivity contribution in [3.63, 3.8) is 0 Å². The second-order valence-electron chi connectivity index (χ2n) is 3.56. The highest BCUT2D eigenvalue weighted by atomic mass is 19.4. The van der Waals surface area contributed by atoms with Crippen molar-refractivity contribution >= 4 is 5.97 Å². The van der Waals surface area contributed by atoms with Gasteiger partial charge in [-0.3, -0.25) is 4.85 Å². The summed E-state index contributed by atoms with van der Waals surface area (Å²) in [4.78, 5) is 13.5. The highest BCUT2D eigenvalue weighted by Gasteiger charge is 2.69. The van der Waals surface area contributed by atoms with Crippen LogP contribution in [-0.4, -0.2) is 24.8 Å². The fourth-order valence-electron chi connectivity index (χ4n) is 1.23.